The Bertz CT molecular complexity index is 707. The zero-order valence-electron chi connectivity index (χ0n) is 11.5. The number of nitrogens with one attached hydrogen (secondary N) is 1. The maximum atomic E-state index is 11.8. The van der Waals surface area contributed by atoms with Crippen molar-refractivity contribution in [1.82, 2.24) is 14.3 Å². The van der Waals surface area contributed by atoms with Gasteiger partial charge in [0.05, 0.1) is 10.7 Å². The first-order chi connectivity index (χ1) is 9.97. The molecule has 0 unspecified atom stereocenters. The Morgan fingerprint density at radius 2 is 2.24 bits per heavy atom. The third kappa shape index (κ3) is 3.85. The summed E-state index contributed by atoms with van der Waals surface area (Å²) in [7, 11) is 1.63. The fraction of sp³-hybridized carbons (Fsp3) is 0.308. The van der Waals surface area contributed by atoms with Gasteiger partial charge >= 0.3 is 5.69 Å². The number of aromatic nitrogens is 3. The fourth-order valence-electron chi connectivity index (χ4n) is 1.81. The molecule has 1 aromatic heterocycles. The van der Waals surface area contributed by atoms with E-state index in [4.69, 9.17) is 17.3 Å². The summed E-state index contributed by atoms with van der Waals surface area (Å²) in [4.78, 5) is 23.4. The molecule has 1 aromatic carbocycles. The van der Waals surface area contributed by atoms with Gasteiger partial charge in [-0.25, -0.2) is 9.48 Å². The van der Waals surface area contributed by atoms with E-state index in [1.54, 1.807) is 25.2 Å². The smallest absolute Gasteiger partial charge is 0.345 e. The van der Waals surface area contributed by atoms with Crippen LogP contribution in [-0.2, 0) is 18.4 Å². The number of hydrogen-bond acceptors (Lipinski definition) is 4. The summed E-state index contributed by atoms with van der Waals surface area (Å²) in [5, 5.41) is 7.02. The molecule has 0 radical (unpaired) electrons. The molecule has 2 rings (SSSR count). The minimum absolute atomic E-state index is 0.175. The number of amides is 1. The molecule has 0 aliphatic carbocycles. The lowest BCUT2D eigenvalue weighted by Crippen LogP contribution is -2.23. The minimum Gasteiger partial charge on any atom is -0.399 e. The average Bonchev–Trinajstić information content (AvgIpc) is 2.74. The molecule has 0 saturated heterocycles. The van der Waals surface area contributed by atoms with Gasteiger partial charge in [0.15, 0.2) is 0 Å². The second-order valence-corrected chi connectivity index (χ2v) is 5.05. The highest BCUT2D eigenvalue weighted by Crippen LogP contribution is 2.24. The summed E-state index contributed by atoms with van der Waals surface area (Å²) in [5.74, 6) is -0.175. The van der Waals surface area contributed by atoms with Gasteiger partial charge in [-0.2, -0.15) is 5.10 Å². The van der Waals surface area contributed by atoms with Crippen LogP contribution in [0.3, 0.4) is 0 Å². The van der Waals surface area contributed by atoms with Gasteiger partial charge in [0.1, 0.15) is 6.33 Å². The molecule has 0 spiro atoms. The van der Waals surface area contributed by atoms with Crippen LogP contribution in [0.25, 0.3) is 0 Å². The van der Waals surface area contributed by atoms with E-state index in [1.807, 2.05) is 0 Å². The van der Waals surface area contributed by atoms with Crippen LogP contribution in [0.4, 0.5) is 11.4 Å². The van der Waals surface area contributed by atoms with Crippen LogP contribution in [0.1, 0.15) is 12.8 Å². The van der Waals surface area contributed by atoms with Crippen LogP contribution in [0.15, 0.2) is 29.3 Å². The predicted octanol–water partition coefficient (Wildman–Crippen LogP) is 1.24. The molecule has 1 heterocycles. The van der Waals surface area contributed by atoms with Crippen molar-refractivity contribution in [3.8, 4) is 0 Å². The van der Waals surface area contributed by atoms with E-state index in [-0.39, 0.29) is 18.0 Å². The molecule has 0 bridgehead atoms. The molecule has 0 fully saturated rings. The highest BCUT2D eigenvalue weighted by Gasteiger charge is 2.07. The van der Waals surface area contributed by atoms with E-state index in [0.717, 1.165) is 0 Å². The molecule has 0 aliphatic rings. The average molecular weight is 310 g/mol. The van der Waals surface area contributed by atoms with Gasteiger partial charge in [-0.15, -0.1) is 0 Å². The Kier molecular flexibility index (Phi) is 4.64. The van der Waals surface area contributed by atoms with Crippen molar-refractivity contribution in [3.63, 3.8) is 0 Å². The number of halogens is 1. The summed E-state index contributed by atoms with van der Waals surface area (Å²) >= 11 is 5.97. The van der Waals surface area contributed by atoms with E-state index in [2.05, 4.69) is 10.4 Å². The van der Waals surface area contributed by atoms with Gasteiger partial charge in [-0.1, -0.05) is 11.6 Å². The van der Waals surface area contributed by atoms with Crippen LogP contribution in [0, 0.1) is 0 Å². The van der Waals surface area contributed by atoms with Crippen LogP contribution < -0.4 is 16.7 Å². The van der Waals surface area contributed by atoms with E-state index < -0.39 is 0 Å². The first-order valence-corrected chi connectivity index (χ1v) is 6.78. The maximum Gasteiger partial charge on any atom is 0.345 e. The number of nitrogen functional groups attached to an aromatic ring is 1. The molecule has 2 aromatic rings. The van der Waals surface area contributed by atoms with Crippen LogP contribution >= 0.6 is 11.6 Å². The molecule has 0 atom stereocenters. The van der Waals surface area contributed by atoms with E-state index in [9.17, 15) is 9.59 Å². The third-order valence-electron chi connectivity index (χ3n) is 2.93. The lowest BCUT2D eigenvalue weighted by molar-refractivity contribution is -0.116. The quantitative estimate of drug-likeness (QED) is 0.812. The van der Waals surface area contributed by atoms with Crippen LogP contribution in [-0.4, -0.2) is 20.3 Å². The summed E-state index contributed by atoms with van der Waals surface area (Å²) < 4.78 is 2.71. The number of nitrogens with two attached hydrogens (primary N) is 1. The minimum atomic E-state index is -0.197. The molecule has 7 nitrogen and oxygen atoms in total. The number of anilines is 2. The van der Waals surface area contributed by atoms with E-state index in [1.165, 1.54) is 15.6 Å². The molecule has 3 N–H and O–H groups in total. The summed E-state index contributed by atoms with van der Waals surface area (Å²) in [6.45, 7) is 0.391. The van der Waals surface area contributed by atoms with E-state index in [0.29, 0.717) is 29.4 Å². The van der Waals surface area contributed by atoms with Crippen LogP contribution in [0.5, 0.6) is 0 Å². The van der Waals surface area contributed by atoms with Crippen molar-refractivity contribution in [2.75, 3.05) is 11.1 Å². The fourth-order valence-corrected chi connectivity index (χ4v) is 2.05. The number of rotatable bonds is 5. The summed E-state index contributed by atoms with van der Waals surface area (Å²) in [5.41, 5.74) is 6.44. The second-order valence-electron chi connectivity index (χ2n) is 4.64. The molecule has 0 aliphatic heterocycles. The molecule has 0 saturated carbocycles. The Morgan fingerprint density at radius 3 is 2.86 bits per heavy atom. The lowest BCUT2D eigenvalue weighted by atomic mass is 10.2. The molecule has 21 heavy (non-hydrogen) atoms. The molecule has 8 heteroatoms. The molecule has 112 valence electrons. The lowest BCUT2D eigenvalue weighted by Gasteiger charge is -2.07. The number of aryl methyl sites for hydroxylation is 2. The van der Waals surface area contributed by atoms with Crippen molar-refractivity contribution < 1.29 is 4.79 Å². The highest BCUT2D eigenvalue weighted by molar-refractivity contribution is 6.34. The maximum absolute atomic E-state index is 11.8. The normalized spacial score (nSPS) is 10.6. The molecule has 1 amide bonds. The third-order valence-corrected chi connectivity index (χ3v) is 3.24. The molecular weight excluding hydrogens is 294 g/mol. The Balaban J connectivity index is 1.85. The van der Waals surface area contributed by atoms with Crippen molar-refractivity contribution in [1.29, 1.82) is 0 Å². The Labute approximate surface area is 126 Å². The Morgan fingerprint density at radius 1 is 1.48 bits per heavy atom. The zero-order valence-corrected chi connectivity index (χ0v) is 12.3. The number of carbonyl (C=O) groups is 1. The highest BCUT2D eigenvalue weighted by atomic mass is 35.5. The number of carbonyl (C=O) groups excluding carboxylic acids is 1. The largest absolute Gasteiger partial charge is 0.399 e. The number of hydrogen-bond donors (Lipinski definition) is 2. The van der Waals surface area contributed by atoms with Gasteiger partial charge in [-0.3, -0.25) is 9.36 Å². The van der Waals surface area contributed by atoms with Gasteiger partial charge < -0.3 is 11.1 Å². The van der Waals surface area contributed by atoms with Crippen molar-refractivity contribution >= 4 is 28.9 Å². The molecular formula is C13H16ClN5O2. The number of benzene rings is 1. The van der Waals surface area contributed by atoms with Crippen molar-refractivity contribution in [2.45, 2.75) is 19.4 Å². The van der Waals surface area contributed by atoms with Crippen LogP contribution in [0.2, 0.25) is 5.02 Å². The summed E-state index contributed by atoms with van der Waals surface area (Å²) in [6.07, 6.45) is 2.22. The summed E-state index contributed by atoms with van der Waals surface area (Å²) in [6, 6.07) is 4.89. The second kappa shape index (κ2) is 6.45. The topological polar surface area (TPSA) is 94.9 Å². The van der Waals surface area contributed by atoms with Gasteiger partial charge in [-0.05, 0) is 24.6 Å². The Hall–Kier alpha value is -2.28. The number of nitrogens with zero attached hydrogens (tertiary/aromatic N) is 3. The predicted molar refractivity (Wildman–Crippen MR) is 81.2 cm³/mol. The first kappa shape index (κ1) is 15.1. The van der Waals surface area contributed by atoms with Gasteiger partial charge in [0.25, 0.3) is 0 Å². The monoisotopic (exact) mass is 309 g/mol. The zero-order chi connectivity index (χ0) is 15.4. The van der Waals surface area contributed by atoms with Crippen molar-refractivity contribution in [3.05, 3.63) is 40.0 Å². The van der Waals surface area contributed by atoms with Crippen molar-refractivity contribution in [2.24, 2.45) is 7.05 Å². The van der Waals surface area contributed by atoms with E-state index >= 15 is 0 Å². The first-order valence-electron chi connectivity index (χ1n) is 6.40. The standard InChI is InChI=1S/C13H16ClN5O2/c1-18-8-16-19(13(18)21)6-2-3-12(20)17-11-5-4-9(15)7-10(11)14/h4-5,7-8H,2-3,6,15H2,1H3,(H,17,20). The van der Waals surface area contributed by atoms with Gasteiger partial charge in [0, 0.05) is 25.7 Å². The van der Waals surface area contributed by atoms with Gasteiger partial charge in [0.2, 0.25) is 5.91 Å². The SMILES string of the molecule is Cn1cnn(CCCC(=O)Nc2ccc(N)cc2Cl)c1=O.